The van der Waals surface area contributed by atoms with Crippen LogP contribution in [0, 0.1) is 0 Å². The van der Waals surface area contributed by atoms with Gasteiger partial charge in [0.1, 0.15) is 11.3 Å². The van der Waals surface area contributed by atoms with Gasteiger partial charge < -0.3 is 15.2 Å². The van der Waals surface area contributed by atoms with Crippen molar-refractivity contribution in [3.63, 3.8) is 0 Å². The molecule has 126 valence electrons. The largest absolute Gasteiger partial charge is 0.465 e. The molecule has 0 fully saturated rings. The van der Waals surface area contributed by atoms with E-state index in [9.17, 15) is 9.59 Å². The van der Waals surface area contributed by atoms with Gasteiger partial charge >= 0.3 is 11.9 Å². The Morgan fingerprint density at radius 3 is 2.16 bits per heavy atom. The molecule has 5 nitrogen and oxygen atoms in total. The van der Waals surface area contributed by atoms with Gasteiger partial charge in [-0.15, -0.1) is 0 Å². The first-order valence-corrected chi connectivity index (χ1v) is 7.74. The van der Waals surface area contributed by atoms with Crippen molar-refractivity contribution in [3.05, 3.63) is 77.4 Å². The van der Waals surface area contributed by atoms with Crippen LogP contribution in [0.4, 0.5) is 0 Å². The fourth-order valence-corrected chi connectivity index (χ4v) is 2.51. The van der Waals surface area contributed by atoms with Gasteiger partial charge in [-0.25, -0.2) is 9.59 Å². The second-order valence-corrected chi connectivity index (χ2v) is 5.48. The average molecular weight is 335 g/mol. The van der Waals surface area contributed by atoms with E-state index < -0.39 is 11.9 Å². The highest BCUT2D eigenvalue weighted by Crippen LogP contribution is 2.27. The highest BCUT2D eigenvalue weighted by atomic mass is 16.5. The monoisotopic (exact) mass is 335 g/mol. The van der Waals surface area contributed by atoms with Crippen LogP contribution in [0.3, 0.4) is 0 Å². The molecule has 0 heterocycles. The highest BCUT2D eigenvalue weighted by Gasteiger charge is 2.18. The van der Waals surface area contributed by atoms with Crippen molar-refractivity contribution in [2.24, 2.45) is 5.73 Å². The van der Waals surface area contributed by atoms with Crippen molar-refractivity contribution < 1.29 is 19.1 Å². The Labute approximate surface area is 145 Å². The van der Waals surface area contributed by atoms with Crippen LogP contribution >= 0.6 is 0 Å². The Morgan fingerprint density at radius 2 is 1.56 bits per heavy atom. The van der Waals surface area contributed by atoms with Gasteiger partial charge in [-0.05, 0) is 40.6 Å². The number of nitrogens with two attached hydrogens (primary N) is 1. The Balaban J connectivity index is 1.98. The van der Waals surface area contributed by atoms with Gasteiger partial charge in [0, 0.05) is 6.54 Å². The van der Waals surface area contributed by atoms with Crippen LogP contribution in [0.15, 0.2) is 60.7 Å². The smallest absolute Gasteiger partial charge is 0.343 e. The zero-order chi connectivity index (χ0) is 17.8. The van der Waals surface area contributed by atoms with Crippen molar-refractivity contribution in [1.29, 1.82) is 0 Å². The summed E-state index contributed by atoms with van der Waals surface area (Å²) in [4.78, 5) is 24.5. The summed E-state index contributed by atoms with van der Waals surface area (Å²) in [6.07, 6.45) is 0. The molecule has 25 heavy (non-hydrogen) atoms. The van der Waals surface area contributed by atoms with E-state index in [2.05, 4.69) is 0 Å². The molecule has 2 N–H and O–H groups in total. The molecule has 0 amide bonds. The molecule has 3 rings (SSSR count). The third kappa shape index (κ3) is 3.51. The van der Waals surface area contributed by atoms with E-state index in [1.54, 1.807) is 36.4 Å². The van der Waals surface area contributed by atoms with Gasteiger partial charge in [-0.1, -0.05) is 36.4 Å². The third-order valence-corrected chi connectivity index (χ3v) is 3.88. The Morgan fingerprint density at radius 1 is 0.920 bits per heavy atom. The summed E-state index contributed by atoms with van der Waals surface area (Å²) in [6, 6.07) is 17.6. The van der Waals surface area contributed by atoms with Gasteiger partial charge in [-0.3, -0.25) is 0 Å². The van der Waals surface area contributed by atoms with Gasteiger partial charge in [0.05, 0.1) is 12.7 Å². The van der Waals surface area contributed by atoms with Crippen LogP contribution in [-0.4, -0.2) is 19.0 Å². The minimum atomic E-state index is -0.563. The lowest BCUT2D eigenvalue weighted by molar-refractivity contribution is 0.0593. The number of carbonyl (C=O) groups is 2. The van der Waals surface area contributed by atoms with E-state index in [0.29, 0.717) is 12.1 Å². The fourth-order valence-electron chi connectivity index (χ4n) is 2.51. The summed E-state index contributed by atoms with van der Waals surface area (Å²) >= 11 is 0. The van der Waals surface area contributed by atoms with E-state index in [-0.39, 0.29) is 11.3 Å². The number of benzene rings is 3. The molecule has 0 aromatic heterocycles. The molecule has 3 aromatic rings. The van der Waals surface area contributed by atoms with Crippen LogP contribution in [0.5, 0.6) is 5.75 Å². The molecule has 0 aliphatic rings. The lowest BCUT2D eigenvalue weighted by atomic mass is 10.1. The number of methoxy groups -OCH3 is 1. The number of ether oxygens (including phenoxy) is 2. The second-order valence-electron chi connectivity index (χ2n) is 5.48. The minimum absolute atomic E-state index is 0.165. The average Bonchev–Trinajstić information content (AvgIpc) is 2.66. The molecule has 0 atom stereocenters. The first-order valence-electron chi connectivity index (χ1n) is 7.74. The molecule has 0 radical (unpaired) electrons. The number of fused-ring (bicyclic) bond motifs is 1. The number of esters is 2. The number of carbonyl (C=O) groups excluding carboxylic acids is 2. The predicted octanol–water partition coefficient (Wildman–Crippen LogP) is 3.30. The molecular formula is C20H17NO4. The van der Waals surface area contributed by atoms with Crippen molar-refractivity contribution >= 4 is 22.7 Å². The van der Waals surface area contributed by atoms with Gasteiger partial charge in [0.25, 0.3) is 0 Å². The van der Waals surface area contributed by atoms with Crippen molar-refractivity contribution in [2.45, 2.75) is 6.54 Å². The van der Waals surface area contributed by atoms with Crippen LogP contribution in [-0.2, 0) is 11.3 Å². The van der Waals surface area contributed by atoms with E-state index in [4.69, 9.17) is 15.2 Å². The number of hydrogen-bond acceptors (Lipinski definition) is 5. The maximum absolute atomic E-state index is 12.4. The molecule has 0 spiro atoms. The second kappa shape index (κ2) is 7.15. The Hall–Kier alpha value is -3.18. The van der Waals surface area contributed by atoms with E-state index in [0.717, 1.165) is 16.3 Å². The van der Waals surface area contributed by atoms with Crippen LogP contribution in [0.1, 0.15) is 26.3 Å². The molecule has 0 unspecified atom stereocenters. The van der Waals surface area contributed by atoms with Crippen molar-refractivity contribution in [1.82, 2.24) is 0 Å². The quantitative estimate of drug-likeness (QED) is 0.584. The molecule has 0 aliphatic heterocycles. The maximum Gasteiger partial charge on any atom is 0.343 e. The summed E-state index contributed by atoms with van der Waals surface area (Å²) in [5.41, 5.74) is 7.05. The molecule has 3 aromatic carbocycles. The van der Waals surface area contributed by atoms with E-state index in [1.165, 1.54) is 7.11 Å². The number of hydrogen-bond donors (Lipinski definition) is 1. The third-order valence-electron chi connectivity index (χ3n) is 3.88. The zero-order valence-corrected chi connectivity index (χ0v) is 13.7. The van der Waals surface area contributed by atoms with E-state index in [1.807, 2.05) is 24.3 Å². The van der Waals surface area contributed by atoms with Gasteiger partial charge in [0.2, 0.25) is 0 Å². The van der Waals surface area contributed by atoms with Crippen molar-refractivity contribution in [2.75, 3.05) is 7.11 Å². The molecule has 0 bridgehead atoms. The number of rotatable bonds is 4. The standard InChI is InChI=1S/C20H17NO4/c1-24-20(23)17-10-15-4-2-3-5-16(15)11-18(17)25-19(22)14-8-6-13(12-21)7-9-14/h2-11H,12,21H2,1H3. The Bertz CT molecular complexity index is 932. The predicted molar refractivity (Wildman–Crippen MR) is 94.6 cm³/mol. The van der Waals surface area contributed by atoms with Crippen LogP contribution in [0.25, 0.3) is 10.8 Å². The minimum Gasteiger partial charge on any atom is -0.465 e. The summed E-state index contributed by atoms with van der Waals surface area (Å²) < 4.78 is 10.3. The fraction of sp³-hybridized carbons (Fsp3) is 0.100. The summed E-state index contributed by atoms with van der Waals surface area (Å²) in [5, 5.41) is 1.71. The van der Waals surface area contributed by atoms with Gasteiger partial charge in [0.15, 0.2) is 0 Å². The SMILES string of the molecule is COC(=O)c1cc2ccccc2cc1OC(=O)c1ccc(CN)cc1. The summed E-state index contributed by atoms with van der Waals surface area (Å²) in [5.74, 6) is -0.950. The first-order chi connectivity index (χ1) is 12.1. The lowest BCUT2D eigenvalue weighted by Crippen LogP contribution is -2.12. The van der Waals surface area contributed by atoms with Crippen LogP contribution in [0.2, 0.25) is 0 Å². The zero-order valence-electron chi connectivity index (χ0n) is 13.7. The summed E-state index contributed by atoms with van der Waals surface area (Å²) in [6.45, 7) is 0.395. The van der Waals surface area contributed by atoms with Gasteiger partial charge in [-0.2, -0.15) is 0 Å². The normalized spacial score (nSPS) is 10.5. The topological polar surface area (TPSA) is 78.6 Å². The maximum atomic E-state index is 12.4. The molecule has 5 heteroatoms. The molecule has 0 aliphatic carbocycles. The Kier molecular flexibility index (Phi) is 4.77. The van der Waals surface area contributed by atoms with Crippen LogP contribution < -0.4 is 10.5 Å². The van der Waals surface area contributed by atoms with Crippen molar-refractivity contribution in [3.8, 4) is 5.75 Å². The first kappa shape index (κ1) is 16.7. The molecule has 0 saturated heterocycles. The molecule has 0 saturated carbocycles. The molecular weight excluding hydrogens is 318 g/mol. The highest BCUT2D eigenvalue weighted by molar-refractivity contribution is 6.00. The van der Waals surface area contributed by atoms with E-state index >= 15 is 0 Å². The lowest BCUT2D eigenvalue weighted by Gasteiger charge is -2.11. The summed E-state index contributed by atoms with van der Waals surface area (Å²) in [7, 11) is 1.29.